The molecule has 0 amide bonds. The molecule has 3 fully saturated rings. The number of ketones is 3. The van der Waals surface area contributed by atoms with Crippen LogP contribution in [0, 0.1) is 34.5 Å². The second kappa shape index (κ2) is 4.39. The summed E-state index contributed by atoms with van der Waals surface area (Å²) in [4.78, 5) is 37.1. The van der Waals surface area contributed by atoms with Crippen LogP contribution in [0.25, 0.3) is 0 Å². The molecule has 4 aliphatic carbocycles. The zero-order valence-electron chi connectivity index (χ0n) is 13.4. The molecule has 0 N–H and O–H groups in total. The molecular weight excluding hydrogens is 276 g/mol. The summed E-state index contributed by atoms with van der Waals surface area (Å²) in [5.41, 5.74) is -0.587. The Morgan fingerprint density at radius 2 is 1.86 bits per heavy atom. The van der Waals surface area contributed by atoms with Crippen LogP contribution in [0.2, 0.25) is 0 Å². The van der Waals surface area contributed by atoms with Crippen molar-refractivity contribution in [3.8, 4) is 0 Å². The van der Waals surface area contributed by atoms with Crippen LogP contribution in [0.4, 0.5) is 0 Å². The number of carbonyl (C=O) groups excluding carboxylic acids is 3. The number of fused-ring (bicyclic) bond motifs is 5. The fourth-order valence-electron chi connectivity index (χ4n) is 6.24. The number of carbonyl (C=O) groups is 3. The van der Waals surface area contributed by atoms with Crippen LogP contribution in [0.1, 0.15) is 52.4 Å². The number of allylic oxidation sites excluding steroid dienone is 2. The summed E-state index contributed by atoms with van der Waals surface area (Å²) >= 11 is 0. The summed E-state index contributed by atoms with van der Waals surface area (Å²) in [6, 6.07) is 0. The van der Waals surface area contributed by atoms with Crippen LogP contribution in [-0.4, -0.2) is 17.3 Å². The Labute approximate surface area is 131 Å². The molecule has 0 aromatic carbocycles. The van der Waals surface area contributed by atoms with Crippen LogP contribution < -0.4 is 0 Å². The highest BCUT2D eigenvalue weighted by molar-refractivity contribution is 5.96. The molecule has 0 bridgehead atoms. The van der Waals surface area contributed by atoms with Crippen LogP contribution in [-0.2, 0) is 14.4 Å². The van der Waals surface area contributed by atoms with E-state index in [2.05, 4.69) is 6.92 Å². The zero-order chi connectivity index (χ0) is 15.7. The average Bonchev–Trinajstić information content (AvgIpc) is 2.75. The van der Waals surface area contributed by atoms with Crippen molar-refractivity contribution in [3.05, 3.63) is 12.2 Å². The molecule has 1 unspecified atom stereocenters. The fourth-order valence-corrected chi connectivity index (χ4v) is 6.24. The Hall–Kier alpha value is -1.25. The van der Waals surface area contributed by atoms with Crippen molar-refractivity contribution in [2.24, 2.45) is 34.5 Å². The number of hydrogen-bond donors (Lipinski definition) is 0. The molecule has 0 aromatic heterocycles. The minimum Gasteiger partial charge on any atom is -0.299 e. The first-order valence-corrected chi connectivity index (χ1v) is 8.64. The highest BCUT2D eigenvalue weighted by Crippen LogP contribution is 2.63. The Morgan fingerprint density at radius 3 is 2.64 bits per heavy atom. The summed E-state index contributed by atoms with van der Waals surface area (Å²) in [5.74, 6) is 1.78. The molecular formula is C19H24O3. The minimum atomic E-state index is -0.407. The van der Waals surface area contributed by atoms with Crippen molar-refractivity contribution >= 4 is 17.3 Å². The normalized spacial score (nSPS) is 50.5. The van der Waals surface area contributed by atoms with Gasteiger partial charge in [0.25, 0.3) is 0 Å². The molecule has 0 aromatic rings. The van der Waals surface area contributed by atoms with Gasteiger partial charge in [-0.2, -0.15) is 0 Å². The molecule has 22 heavy (non-hydrogen) atoms. The number of Topliss-reactive ketones (excluding diaryl/α,β-unsaturated/α-hetero) is 2. The predicted octanol–water partition coefficient (Wildman–Crippen LogP) is 3.12. The second-order valence-electron chi connectivity index (χ2n) is 8.41. The first-order chi connectivity index (χ1) is 10.4. The van der Waals surface area contributed by atoms with Crippen LogP contribution in [0.5, 0.6) is 0 Å². The Balaban J connectivity index is 1.77. The maximum absolute atomic E-state index is 13.0. The molecule has 0 heterocycles. The van der Waals surface area contributed by atoms with Crippen LogP contribution in [0.15, 0.2) is 12.2 Å². The van der Waals surface area contributed by atoms with Gasteiger partial charge in [0.2, 0.25) is 0 Å². The van der Waals surface area contributed by atoms with Gasteiger partial charge < -0.3 is 0 Å². The van der Waals surface area contributed by atoms with Crippen LogP contribution in [0.3, 0.4) is 0 Å². The molecule has 0 aliphatic heterocycles. The van der Waals surface area contributed by atoms with Gasteiger partial charge >= 0.3 is 0 Å². The second-order valence-corrected chi connectivity index (χ2v) is 8.41. The highest BCUT2D eigenvalue weighted by Gasteiger charge is 2.62. The summed E-state index contributed by atoms with van der Waals surface area (Å²) < 4.78 is 0. The van der Waals surface area contributed by atoms with Gasteiger partial charge in [-0.3, -0.25) is 14.4 Å². The lowest BCUT2D eigenvalue weighted by Crippen LogP contribution is -2.56. The van der Waals surface area contributed by atoms with E-state index >= 15 is 0 Å². The van der Waals surface area contributed by atoms with Gasteiger partial charge in [-0.1, -0.05) is 19.9 Å². The summed E-state index contributed by atoms with van der Waals surface area (Å²) in [6.07, 6.45) is 8.34. The van der Waals surface area contributed by atoms with Gasteiger partial charge in [0, 0.05) is 30.6 Å². The van der Waals surface area contributed by atoms with E-state index < -0.39 is 5.41 Å². The first-order valence-electron chi connectivity index (χ1n) is 8.64. The van der Waals surface area contributed by atoms with Crippen molar-refractivity contribution in [2.45, 2.75) is 52.4 Å². The fraction of sp³-hybridized carbons (Fsp3) is 0.737. The standard InChI is InChI=1S/C19H24O3/c1-18-8-7-12(20)9-11(18)3-4-13-14-5-6-16(22)19(14,2)10-15(21)17(13)18/h7-8,11,13-14,17H,3-6,9-10H2,1-2H3/t11?,13-,14-,17-,18-,19-/m0/s1. The van der Waals surface area contributed by atoms with E-state index in [1.165, 1.54) is 0 Å². The smallest absolute Gasteiger partial charge is 0.155 e. The van der Waals surface area contributed by atoms with Crippen molar-refractivity contribution in [1.29, 1.82) is 0 Å². The zero-order valence-corrected chi connectivity index (χ0v) is 13.4. The average molecular weight is 300 g/mol. The minimum absolute atomic E-state index is 0.0135. The van der Waals surface area contributed by atoms with E-state index in [4.69, 9.17) is 0 Å². The van der Waals surface area contributed by atoms with Gasteiger partial charge in [0.15, 0.2) is 5.78 Å². The Kier molecular flexibility index (Phi) is 2.87. The van der Waals surface area contributed by atoms with Crippen molar-refractivity contribution in [3.63, 3.8) is 0 Å². The summed E-state index contributed by atoms with van der Waals surface area (Å²) in [7, 11) is 0. The van der Waals surface area contributed by atoms with Gasteiger partial charge in [-0.15, -0.1) is 0 Å². The quantitative estimate of drug-likeness (QED) is 0.690. The summed E-state index contributed by atoms with van der Waals surface area (Å²) in [5, 5.41) is 0. The van der Waals surface area contributed by atoms with E-state index in [1.807, 2.05) is 13.0 Å². The Bertz CT molecular complexity index is 604. The maximum Gasteiger partial charge on any atom is 0.155 e. The largest absolute Gasteiger partial charge is 0.299 e. The third-order valence-corrected chi connectivity index (χ3v) is 7.45. The molecule has 3 nitrogen and oxygen atoms in total. The molecule has 4 aliphatic rings. The lowest BCUT2D eigenvalue weighted by molar-refractivity contribution is -0.154. The first kappa shape index (κ1) is 14.3. The van der Waals surface area contributed by atoms with Crippen molar-refractivity contribution in [1.82, 2.24) is 0 Å². The lowest BCUT2D eigenvalue weighted by atomic mass is 9.46. The van der Waals surface area contributed by atoms with E-state index in [-0.39, 0.29) is 22.9 Å². The van der Waals surface area contributed by atoms with Gasteiger partial charge in [0.1, 0.15) is 11.6 Å². The molecule has 6 atom stereocenters. The molecule has 0 spiro atoms. The van der Waals surface area contributed by atoms with Crippen molar-refractivity contribution in [2.75, 3.05) is 0 Å². The molecule has 0 radical (unpaired) electrons. The third-order valence-electron chi connectivity index (χ3n) is 7.45. The van der Waals surface area contributed by atoms with Gasteiger partial charge in [-0.05, 0) is 48.5 Å². The van der Waals surface area contributed by atoms with E-state index in [1.54, 1.807) is 6.08 Å². The SMILES string of the molecule is C[C@]12C=CC(=O)CC1CC[C@@H]1[C@H]2C(=O)C[C@]2(C)C(=O)CC[C@@H]12. The van der Waals surface area contributed by atoms with Crippen LogP contribution >= 0.6 is 0 Å². The van der Waals surface area contributed by atoms with E-state index in [0.717, 1.165) is 19.3 Å². The highest BCUT2D eigenvalue weighted by atomic mass is 16.1. The molecule has 3 heteroatoms. The van der Waals surface area contributed by atoms with Gasteiger partial charge in [0.05, 0.1) is 0 Å². The molecule has 0 saturated heterocycles. The Morgan fingerprint density at radius 1 is 1.09 bits per heavy atom. The third kappa shape index (κ3) is 1.65. The summed E-state index contributed by atoms with van der Waals surface area (Å²) in [6.45, 7) is 4.20. The number of hydrogen-bond acceptors (Lipinski definition) is 3. The number of rotatable bonds is 0. The predicted molar refractivity (Wildman–Crippen MR) is 82.0 cm³/mol. The molecule has 4 rings (SSSR count). The lowest BCUT2D eigenvalue weighted by Gasteiger charge is -2.56. The molecule has 118 valence electrons. The van der Waals surface area contributed by atoms with E-state index in [9.17, 15) is 14.4 Å². The topological polar surface area (TPSA) is 51.2 Å². The van der Waals surface area contributed by atoms with Gasteiger partial charge in [-0.25, -0.2) is 0 Å². The molecule has 3 saturated carbocycles. The maximum atomic E-state index is 13.0. The van der Waals surface area contributed by atoms with Crippen molar-refractivity contribution < 1.29 is 14.4 Å². The van der Waals surface area contributed by atoms with E-state index in [0.29, 0.717) is 42.8 Å². The monoisotopic (exact) mass is 300 g/mol.